The topological polar surface area (TPSA) is 48.3 Å². The van der Waals surface area contributed by atoms with Crippen LogP contribution in [0.4, 0.5) is 5.69 Å². The van der Waals surface area contributed by atoms with Crippen LogP contribution >= 0.6 is 0 Å². The monoisotopic (exact) mass is 311 g/mol. The Morgan fingerprint density at radius 1 is 1.09 bits per heavy atom. The van der Waals surface area contributed by atoms with Crippen molar-refractivity contribution in [3.8, 4) is 5.75 Å². The molecule has 5 heteroatoms. The number of hydrogen-bond donors (Lipinski definition) is 1. The number of anilines is 1. The number of amidine groups is 1. The maximum absolute atomic E-state index is 9.20. The van der Waals surface area contributed by atoms with E-state index in [4.69, 9.17) is 9.73 Å². The molecule has 2 aromatic carbocycles. The van der Waals surface area contributed by atoms with Crippen molar-refractivity contribution in [2.24, 2.45) is 4.99 Å². The first kappa shape index (κ1) is 15.5. The summed E-state index contributed by atoms with van der Waals surface area (Å²) in [5.41, 5.74) is 2.14. The van der Waals surface area contributed by atoms with Gasteiger partial charge in [-0.05, 0) is 24.3 Å². The zero-order valence-electron chi connectivity index (χ0n) is 13.2. The predicted molar refractivity (Wildman–Crippen MR) is 92.0 cm³/mol. The summed E-state index contributed by atoms with van der Waals surface area (Å²) < 4.78 is 5.24. The van der Waals surface area contributed by atoms with Crippen LogP contribution in [0.15, 0.2) is 59.6 Å². The number of ether oxygens (including phenoxy) is 1. The van der Waals surface area contributed by atoms with Crippen LogP contribution in [0, 0.1) is 0 Å². The third-order valence-electron chi connectivity index (χ3n) is 3.85. The first-order valence-electron chi connectivity index (χ1n) is 7.66. The highest BCUT2D eigenvalue weighted by atomic mass is 16.5. The normalized spacial score (nSPS) is 15.4. The molecule has 1 aliphatic rings. The second-order valence-electron chi connectivity index (χ2n) is 5.37. The Kier molecular flexibility index (Phi) is 4.90. The molecule has 0 radical (unpaired) electrons. The summed E-state index contributed by atoms with van der Waals surface area (Å²) in [5.74, 6) is 1.78. The Morgan fingerprint density at radius 3 is 2.48 bits per heavy atom. The molecule has 120 valence electrons. The highest BCUT2D eigenvalue weighted by Crippen LogP contribution is 2.23. The van der Waals surface area contributed by atoms with Gasteiger partial charge in [-0.3, -0.25) is 9.89 Å². The van der Waals surface area contributed by atoms with Gasteiger partial charge in [-0.2, -0.15) is 0 Å². The molecule has 23 heavy (non-hydrogen) atoms. The van der Waals surface area contributed by atoms with Gasteiger partial charge >= 0.3 is 0 Å². The molecule has 0 saturated carbocycles. The molecule has 0 amide bonds. The molecule has 1 N–H and O–H groups in total. The van der Waals surface area contributed by atoms with E-state index >= 15 is 0 Å². The van der Waals surface area contributed by atoms with E-state index in [9.17, 15) is 5.11 Å². The number of nitrogens with zero attached hydrogens (tertiary/aromatic N) is 3. The fourth-order valence-electron chi connectivity index (χ4n) is 2.65. The summed E-state index contributed by atoms with van der Waals surface area (Å²) in [6.45, 7) is 2.03. The number of methoxy groups -OCH3 is 1. The molecule has 0 aromatic heterocycles. The van der Waals surface area contributed by atoms with Crippen molar-refractivity contribution in [3.63, 3.8) is 0 Å². The lowest BCUT2D eigenvalue weighted by molar-refractivity contribution is 0.199. The van der Waals surface area contributed by atoms with Crippen molar-refractivity contribution in [1.82, 2.24) is 4.90 Å². The van der Waals surface area contributed by atoms with E-state index in [1.807, 2.05) is 42.5 Å². The summed E-state index contributed by atoms with van der Waals surface area (Å²) in [6, 6.07) is 18.1. The summed E-state index contributed by atoms with van der Waals surface area (Å²) in [6.07, 6.45) is 0. The van der Waals surface area contributed by atoms with Gasteiger partial charge < -0.3 is 14.7 Å². The number of aliphatic hydroxyl groups is 1. The van der Waals surface area contributed by atoms with Gasteiger partial charge in [0.25, 0.3) is 0 Å². The van der Waals surface area contributed by atoms with Crippen LogP contribution in [0.1, 0.15) is 5.56 Å². The fourth-order valence-corrected chi connectivity index (χ4v) is 2.65. The Balaban J connectivity index is 1.94. The quantitative estimate of drug-likeness (QED) is 0.919. The minimum atomic E-state index is 0.132. The molecule has 2 aromatic rings. The number of aliphatic hydroxyl groups excluding tert-OH is 1. The summed E-state index contributed by atoms with van der Waals surface area (Å²) in [7, 11) is 1.66. The van der Waals surface area contributed by atoms with Gasteiger partial charge in [0.2, 0.25) is 0 Å². The standard InChI is InChI=1S/C18H21N3O2/c1-23-17-9-7-16(8-10-17)21-14-20(11-12-22)13-19-18(21)15-5-3-2-4-6-15/h2-10,22H,11-14H2,1H3. The largest absolute Gasteiger partial charge is 0.497 e. The van der Waals surface area contributed by atoms with E-state index in [-0.39, 0.29) is 6.61 Å². The molecule has 0 spiro atoms. The SMILES string of the molecule is COc1ccc(N2CN(CCO)CN=C2c2ccccc2)cc1. The molecular weight excluding hydrogens is 290 g/mol. The van der Waals surface area contributed by atoms with E-state index in [0.717, 1.165) is 22.8 Å². The minimum absolute atomic E-state index is 0.132. The van der Waals surface area contributed by atoms with Gasteiger partial charge in [-0.15, -0.1) is 0 Å². The van der Waals surface area contributed by atoms with E-state index in [1.165, 1.54) is 0 Å². The average molecular weight is 311 g/mol. The van der Waals surface area contributed by atoms with E-state index < -0.39 is 0 Å². The summed E-state index contributed by atoms with van der Waals surface area (Å²) in [5, 5.41) is 9.20. The number of β-amino-alcohol motifs (C(OH)–C–C–N with tert-alkyl or cyclic N) is 1. The average Bonchev–Trinajstić information content (AvgIpc) is 2.63. The number of rotatable bonds is 5. The van der Waals surface area contributed by atoms with Crippen molar-refractivity contribution in [2.75, 3.05) is 38.5 Å². The molecule has 0 bridgehead atoms. The molecule has 0 saturated heterocycles. The summed E-state index contributed by atoms with van der Waals surface area (Å²) in [4.78, 5) is 8.99. The fraction of sp³-hybridized carbons (Fsp3) is 0.278. The number of benzene rings is 2. The van der Waals surface area contributed by atoms with E-state index in [2.05, 4.69) is 21.9 Å². The predicted octanol–water partition coefficient (Wildman–Crippen LogP) is 2.17. The van der Waals surface area contributed by atoms with Gasteiger partial charge in [0, 0.05) is 17.8 Å². The first-order valence-corrected chi connectivity index (χ1v) is 7.66. The highest BCUT2D eigenvalue weighted by molar-refractivity contribution is 6.10. The van der Waals surface area contributed by atoms with Gasteiger partial charge in [-0.25, -0.2) is 0 Å². The number of aliphatic imine (C=N–C) groups is 1. The molecule has 5 nitrogen and oxygen atoms in total. The Hall–Kier alpha value is -2.37. The molecular formula is C18H21N3O2. The van der Waals surface area contributed by atoms with Crippen molar-refractivity contribution < 1.29 is 9.84 Å². The molecule has 0 unspecified atom stereocenters. The second kappa shape index (κ2) is 7.26. The van der Waals surface area contributed by atoms with Crippen LogP contribution in [0.5, 0.6) is 5.75 Å². The minimum Gasteiger partial charge on any atom is -0.497 e. The van der Waals surface area contributed by atoms with Crippen LogP contribution in [-0.2, 0) is 0 Å². The van der Waals surface area contributed by atoms with Crippen LogP contribution in [0.2, 0.25) is 0 Å². The lowest BCUT2D eigenvalue weighted by Crippen LogP contribution is -2.47. The molecule has 1 aliphatic heterocycles. The highest BCUT2D eigenvalue weighted by Gasteiger charge is 2.22. The third-order valence-corrected chi connectivity index (χ3v) is 3.85. The number of hydrogen-bond acceptors (Lipinski definition) is 5. The smallest absolute Gasteiger partial charge is 0.137 e. The molecule has 3 rings (SSSR count). The van der Waals surface area contributed by atoms with Crippen molar-refractivity contribution in [1.29, 1.82) is 0 Å². The Morgan fingerprint density at radius 2 is 1.83 bits per heavy atom. The first-order chi connectivity index (χ1) is 11.3. The van der Waals surface area contributed by atoms with Crippen molar-refractivity contribution in [3.05, 3.63) is 60.2 Å². The maximum atomic E-state index is 9.20. The van der Waals surface area contributed by atoms with Crippen LogP contribution in [0.25, 0.3) is 0 Å². The third kappa shape index (κ3) is 3.52. The molecule has 0 atom stereocenters. The molecule has 0 aliphatic carbocycles. The van der Waals surface area contributed by atoms with Crippen LogP contribution < -0.4 is 9.64 Å². The Labute approximate surface area is 136 Å². The zero-order valence-corrected chi connectivity index (χ0v) is 13.2. The molecule has 0 fully saturated rings. The van der Waals surface area contributed by atoms with Gasteiger partial charge in [0.05, 0.1) is 27.1 Å². The zero-order chi connectivity index (χ0) is 16.1. The van der Waals surface area contributed by atoms with Crippen molar-refractivity contribution in [2.45, 2.75) is 0 Å². The van der Waals surface area contributed by atoms with E-state index in [0.29, 0.717) is 19.9 Å². The lowest BCUT2D eigenvalue weighted by atomic mass is 10.1. The lowest BCUT2D eigenvalue weighted by Gasteiger charge is -2.36. The second-order valence-corrected chi connectivity index (χ2v) is 5.37. The Bertz CT molecular complexity index is 656. The van der Waals surface area contributed by atoms with Crippen LogP contribution in [-0.4, -0.2) is 49.4 Å². The molecule has 1 heterocycles. The maximum Gasteiger partial charge on any atom is 0.137 e. The van der Waals surface area contributed by atoms with Crippen LogP contribution in [0.3, 0.4) is 0 Å². The van der Waals surface area contributed by atoms with Gasteiger partial charge in [-0.1, -0.05) is 30.3 Å². The van der Waals surface area contributed by atoms with E-state index in [1.54, 1.807) is 7.11 Å². The van der Waals surface area contributed by atoms with Gasteiger partial charge in [0.1, 0.15) is 11.6 Å². The summed E-state index contributed by atoms with van der Waals surface area (Å²) >= 11 is 0. The van der Waals surface area contributed by atoms with Gasteiger partial charge in [0.15, 0.2) is 0 Å². The van der Waals surface area contributed by atoms with Crippen molar-refractivity contribution >= 4 is 11.5 Å².